The third-order valence-electron chi connectivity index (χ3n) is 5.57. The van der Waals surface area contributed by atoms with E-state index in [0.29, 0.717) is 35.9 Å². The van der Waals surface area contributed by atoms with Crippen LogP contribution in [0, 0.1) is 0 Å². The quantitative estimate of drug-likeness (QED) is 0.361. The predicted octanol–water partition coefficient (Wildman–Crippen LogP) is 1.77. The van der Waals surface area contributed by atoms with Crippen LogP contribution in [0.15, 0.2) is 46.4 Å². The van der Waals surface area contributed by atoms with E-state index in [-0.39, 0.29) is 17.0 Å². The minimum Gasteiger partial charge on any atom is -0.493 e. The number of hydrogen-bond donors (Lipinski definition) is 2. The van der Waals surface area contributed by atoms with Gasteiger partial charge in [0.05, 0.1) is 39.0 Å². The van der Waals surface area contributed by atoms with Crippen molar-refractivity contribution in [3.05, 3.63) is 47.5 Å². The zero-order chi connectivity index (χ0) is 26.1. The maximum Gasteiger partial charge on any atom is 0.259 e. The molecule has 0 unspecified atom stereocenters. The van der Waals surface area contributed by atoms with Gasteiger partial charge in [-0.2, -0.15) is 9.41 Å². The molecule has 0 spiro atoms. The summed E-state index contributed by atoms with van der Waals surface area (Å²) in [7, 11) is 0.897. The number of rotatable bonds is 10. The Hall–Kier alpha value is -3.64. The Kier molecular flexibility index (Phi) is 9.25. The number of piperidine rings is 1. The standard InChI is InChI=1S/C24H30N4O7S/c1-33-20-13-17(14-21(34-2)23(20)35-3)15-26-27-22(29)16-25-24(30)18-7-9-19(10-8-18)36(31,32)28-11-5-4-6-12-28/h7-10,13-15H,4-6,11-12,16H2,1-3H3,(H,25,30)(H,27,29)/b26-15+. The number of sulfonamides is 1. The van der Waals surface area contributed by atoms with E-state index in [1.54, 1.807) is 12.1 Å². The van der Waals surface area contributed by atoms with Crippen molar-refractivity contribution >= 4 is 28.1 Å². The van der Waals surface area contributed by atoms with Gasteiger partial charge >= 0.3 is 0 Å². The van der Waals surface area contributed by atoms with Crippen LogP contribution in [0.2, 0.25) is 0 Å². The summed E-state index contributed by atoms with van der Waals surface area (Å²) in [5.74, 6) is 0.247. The van der Waals surface area contributed by atoms with Gasteiger partial charge < -0.3 is 19.5 Å². The molecule has 2 amide bonds. The second kappa shape index (κ2) is 12.4. The summed E-state index contributed by atoms with van der Waals surface area (Å²) in [5.41, 5.74) is 3.15. The van der Waals surface area contributed by atoms with Gasteiger partial charge in [0.1, 0.15) is 0 Å². The van der Waals surface area contributed by atoms with E-state index in [9.17, 15) is 18.0 Å². The highest BCUT2D eigenvalue weighted by molar-refractivity contribution is 7.89. The van der Waals surface area contributed by atoms with E-state index < -0.39 is 21.8 Å². The Labute approximate surface area is 210 Å². The van der Waals surface area contributed by atoms with Crippen molar-refractivity contribution in [2.45, 2.75) is 24.2 Å². The summed E-state index contributed by atoms with van der Waals surface area (Å²) >= 11 is 0. The Morgan fingerprint density at radius 3 is 2.14 bits per heavy atom. The van der Waals surface area contributed by atoms with Gasteiger partial charge in [-0.1, -0.05) is 6.42 Å². The topological polar surface area (TPSA) is 136 Å². The average Bonchev–Trinajstić information content (AvgIpc) is 2.91. The van der Waals surface area contributed by atoms with Crippen LogP contribution in [0.4, 0.5) is 0 Å². The molecule has 11 nitrogen and oxygen atoms in total. The van der Waals surface area contributed by atoms with Gasteiger partial charge in [0.2, 0.25) is 15.8 Å². The van der Waals surface area contributed by atoms with E-state index in [1.807, 2.05) is 0 Å². The molecular weight excluding hydrogens is 488 g/mol. The number of hydrogen-bond acceptors (Lipinski definition) is 8. The fraction of sp³-hybridized carbons (Fsp3) is 0.375. The fourth-order valence-corrected chi connectivity index (χ4v) is 5.21. The molecule has 0 bridgehead atoms. The maximum absolute atomic E-state index is 12.7. The first-order valence-electron chi connectivity index (χ1n) is 11.3. The molecule has 3 rings (SSSR count). The summed E-state index contributed by atoms with van der Waals surface area (Å²) in [5, 5.41) is 6.36. The van der Waals surface area contributed by atoms with E-state index in [1.165, 1.54) is 56.1 Å². The number of carbonyl (C=O) groups is 2. The van der Waals surface area contributed by atoms with Gasteiger partial charge in [0.15, 0.2) is 11.5 Å². The SMILES string of the molecule is COc1cc(/C=N/NC(=O)CNC(=O)c2ccc(S(=O)(=O)N3CCCCC3)cc2)cc(OC)c1OC. The molecule has 194 valence electrons. The zero-order valence-electron chi connectivity index (χ0n) is 20.4. The van der Waals surface area contributed by atoms with E-state index in [2.05, 4.69) is 15.8 Å². The molecule has 12 heteroatoms. The number of amides is 2. The summed E-state index contributed by atoms with van der Waals surface area (Å²) in [6, 6.07) is 8.97. The van der Waals surface area contributed by atoms with Crippen molar-refractivity contribution < 1.29 is 32.2 Å². The van der Waals surface area contributed by atoms with Crippen LogP contribution in [0.5, 0.6) is 17.2 Å². The molecule has 0 aliphatic carbocycles. The fourth-order valence-electron chi connectivity index (χ4n) is 3.69. The molecule has 0 atom stereocenters. The van der Waals surface area contributed by atoms with E-state index in [0.717, 1.165) is 19.3 Å². The van der Waals surface area contributed by atoms with Crippen molar-refractivity contribution in [3.8, 4) is 17.2 Å². The first-order valence-corrected chi connectivity index (χ1v) is 12.7. The lowest BCUT2D eigenvalue weighted by molar-refractivity contribution is -0.120. The van der Waals surface area contributed by atoms with Crippen LogP contribution < -0.4 is 25.0 Å². The number of methoxy groups -OCH3 is 3. The van der Waals surface area contributed by atoms with Crippen LogP contribution in [-0.2, 0) is 14.8 Å². The van der Waals surface area contributed by atoms with Gasteiger partial charge in [0, 0.05) is 24.2 Å². The van der Waals surface area contributed by atoms with Crippen LogP contribution in [-0.4, -0.2) is 71.7 Å². The summed E-state index contributed by atoms with van der Waals surface area (Å²) in [6.07, 6.45) is 4.10. The third-order valence-corrected chi connectivity index (χ3v) is 7.48. The van der Waals surface area contributed by atoms with Crippen LogP contribution in [0.25, 0.3) is 0 Å². The number of nitrogens with one attached hydrogen (secondary N) is 2. The summed E-state index contributed by atoms with van der Waals surface area (Å²) in [4.78, 5) is 24.6. The van der Waals surface area contributed by atoms with Gasteiger partial charge in [-0.15, -0.1) is 0 Å². The largest absolute Gasteiger partial charge is 0.493 e. The van der Waals surface area contributed by atoms with Crippen molar-refractivity contribution in [1.29, 1.82) is 0 Å². The second-order valence-electron chi connectivity index (χ2n) is 7.92. The molecular formula is C24H30N4O7S. The normalized spacial score (nSPS) is 14.3. The van der Waals surface area contributed by atoms with Gasteiger partial charge in [-0.3, -0.25) is 9.59 Å². The lowest BCUT2D eigenvalue weighted by Gasteiger charge is -2.25. The molecule has 0 saturated carbocycles. The molecule has 2 aromatic carbocycles. The first-order chi connectivity index (χ1) is 17.3. The molecule has 1 saturated heterocycles. The Morgan fingerprint density at radius 2 is 1.58 bits per heavy atom. The van der Waals surface area contributed by atoms with E-state index >= 15 is 0 Å². The van der Waals surface area contributed by atoms with E-state index in [4.69, 9.17) is 14.2 Å². The highest BCUT2D eigenvalue weighted by Gasteiger charge is 2.26. The highest BCUT2D eigenvalue weighted by Crippen LogP contribution is 2.37. The van der Waals surface area contributed by atoms with Crippen molar-refractivity contribution in [1.82, 2.24) is 15.0 Å². The number of hydrazone groups is 1. The summed E-state index contributed by atoms with van der Waals surface area (Å²) < 4.78 is 42.7. The minimum absolute atomic E-state index is 0.139. The smallest absolute Gasteiger partial charge is 0.259 e. The molecule has 36 heavy (non-hydrogen) atoms. The van der Waals surface area contributed by atoms with Crippen LogP contribution >= 0.6 is 0 Å². The lowest BCUT2D eigenvalue weighted by atomic mass is 10.2. The van der Waals surface area contributed by atoms with Gasteiger partial charge in [-0.25, -0.2) is 13.8 Å². The molecule has 1 fully saturated rings. The van der Waals surface area contributed by atoms with Crippen molar-refractivity contribution in [2.24, 2.45) is 5.10 Å². The second-order valence-corrected chi connectivity index (χ2v) is 9.86. The number of benzene rings is 2. The Bertz CT molecular complexity index is 1180. The number of carbonyl (C=O) groups excluding carboxylic acids is 2. The molecule has 0 radical (unpaired) electrons. The Balaban J connectivity index is 1.53. The number of ether oxygens (including phenoxy) is 3. The predicted molar refractivity (Wildman–Crippen MR) is 133 cm³/mol. The average molecular weight is 519 g/mol. The minimum atomic E-state index is -3.58. The van der Waals surface area contributed by atoms with Gasteiger partial charge in [0.25, 0.3) is 11.8 Å². The number of nitrogens with zero attached hydrogens (tertiary/aromatic N) is 2. The monoisotopic (exact) mass is 518 g/mol. The molecule has 1 heterocycles. The van der Waals surface area contributed by atoms with Gasteiger partial charge in [-0.05, 0) is 49.2 Å². The maximum atomic E-state index is 12.7. The highest BCUT2D eigenvalue weighted by atomic mass is 32.2. The molecule has 2 N–H and O–H groups in total. The van der Waals surface area contributed by atoms with Crippen molar-refractivity contribution in [3.63, 3.8) is 0 Å². The lowest BCUT2D eigenvalue weighted by Crippen LogP contribution is -2.36. The zero-order valence-corrected chi connectivity index (χ0v) is 21.3. The first kappa shape index (κ1) is 27.0. The van der Waals surface area contributed by atoms with Crippen molar-refractivity contribution in [2.75, 3.05) is 41.0 Å². The Morgan fingerprint density at radius 1 is 0.972 bits per heavy atom. The molecule has 1 aliphatic heterocycles. The molecule has 1 aliphatic rings. The molecule has 2 aromatic rings. The van der Waals surface area contributed by atoms with Crippen LogP contribution in [0.1, 0.15) is 35.2 Å². The van der Waals surface area contributed by atoms with Crippen LogP contribution in [0.3, 0.4) is 0 Å². The summed E-state index contributed by atoms with van der Waals surface area (Å²) in [6.45, 7) is 0.683. The third kappa shape index (κ3) is 6.52. The molecule has 0 aromatic heterocycles.